The normalized spacial score (nSPS) is 34.6. The Hall–Kier alpha value is -0.910. The average molecular weight is 272 g/mol. The zero-order valence-electron chi connectivity index (χ0n) is 11.4. The van der Waals surface area contributed by atoms with Gasteiger partial charge < -0.3 is 20.1 Å². The van der Waals surface area contributed by atoms with Crippen LogP contribution in [0, 0.1) is 0 Å². The molecule has 0 aromatic heterocycles. The summed E-state index contributed by atoms with van der Waals surface area (Å²) in [7, 11) is 0. The van der Waals surface area contributed by atoms with Gasteiger partial charge >= 0.3 is 5.97 Å². The van der Waals surface area contributed by atoms with Gasteiger partial charge in [0.2, 0.25) is 0 Å². The smallest absolute Gasteiger partial charge is 0.306 e. The maximum Gasteiger partial charge on any atom is 0.306 e. The highest BCUT2D eigenvalue weighted by Crippen LogP contribution is 2.17. The van der Waals surface area contributed by atoms with Crippen LogP contribution in [0.2, 0.25) is 0 Å². The van der Waals surface area contributed by atoms with E-state index in [-0.39, 0.29) is 12.8 Å². The third-order valence-corrected chi connectivity index (χ3v) is 3.28. The second-order valence-corrected chi connectivity index (χ2v) is 5.00. The molecule has 0 unspecified atom stereocenters. The first kappa shape index (κ1) is 16.1. The quantitative estimate of drug-likeness (QED) is 0.402. The van der Waals surface area contributed by atoms with Gasteiger partial charge in [-0.2, -0.15) is 0 Å². The van der Waals surface area contributed by atoms with E-state index in [4.69, 9.17) is 4.74 Å². The van der Waals surface area contributed by atoms with Crippen molar-refractivity contribution in [1.29, 1.82) is 0 Å². The van der Waals surface area contributed by atoms with Gasteiger partial charge in [-0.3, -0.25) is 4.79 Å². The molecule has 1 heterocycles. The molecule has 110 valence electrons. The van der Waals surface area contributed by atoms with Gasteiger partial charge in [-0.25, -0.2) is 0 Å². The number of hydrogen-bond acceptors (Lipinski definition) is 5. The molecule has 0 aromatic rings. The topological polar surface area (TPSA) is 87.0 Å². The summed E-state index contributed by atoms with van der Waals surface area (Å²) in [5.74, 6) is -0.443. The Balaban J connectivity index is 2.69. The highest BCUT2D eigenvalue weighted by Gasteiger charge is 2.28. The van der Waals surface area contributed by atoms with Crippen LogP contribution in [0.4, 0.5) is 0 Å². The fourth-order valence-corrected chi connectivity index (χ4v) is 2.06. The van der Waals surface area contributed by atoms with Gasteiger partial charge in [0.25, 0.3) is 0 Å². The lowest BCUT2D eigenvalue weighted by molar-refractivity contribution is -0.160. The molecule has 4 atom stereocenters. The second kappa shape index (κ2) is 8.30. The third kappa shape index (κ3) is 5.72. The summed E-state index contributed by atoms with van der Waals surface area (Å²) in [4.78, 5) is 11.6. The number of aliphatic hydroxyl groups is 3. The number of esters is 1. The lowest BCUT2D eigenvalue weighted by Crippen LogP contribution is -2.40. The molecule has 0 radical (unpaired) electrons. The van der Waals surface area contributed by atoms with Crippen LogP contribution in [0.5, 0.6) is 0 Å². The highest BCUT2D eigenvalue weighted by molar-refractivity contribution is 5.69. The van der Waals surface area contributed by atoms with Crippen LogP contribution >= 0.6 is 0 Å². The van der Waals surface area contributed by atoms with E-state index >= 15 is 0 Å². The molecule has 0 saturated heterocycles. The van der Waals surface area contributed by atoms with Crippen LogP contribution in [-0.2, 0) is 9.53 Å². The second-order valence-electron chi connectivity index (χ2n) is 5.00. The summed E-state index contributed by atoms with van der Waals surface area (Å²) in [6.07, 6.45) is 2.78. The minimum Gasteiger partial charge on any atom is -0.459 e. The van der Waals surface area contributed by atoms with E-state index in [1.165, 1.54) is 12.2 Å². The molecule has 3 N–H and O–H groups in total. The summed E-state index contributed by atoms with van der Waals surface area (Å²) in [5.41, 5.74) is 0. The van der Waals surface area contributed by atoms with E-state index in [0.29, 0.717) is 6.42 Å². The van der Waals surface area contributed by atoms with Crippen molar-refractivity contribution < 1.29 is 24.9 Å². The van der Waals surface area contributed by atoms with Crippen molar-refractivity contribution in [1.82, 2.24) is 0 Å². The first-order valence-corrected chi connectivity index (χ1v) is 6.96. The van der Waals surface area contributed by atoms with Crippen molar-refractivity contribution in [2.75, 3.05) is 0 Å². The predicted octanol–water partition coefficient (Wildman–Crippen LogP) is 0.911. The van der Waals surface area contributed by atoms with Gasteiger partial charge in [-0.15, -0.1) is 0 Å². The number of aliphatic hydroxyl groups excluding tert-OH is 3. The Labute approximate surface area is 113 Å². The van der Waals surface area contributed by atoms with Crippen LogP contribution in [0.3, 0.4) is 0 Å². The van der Waals surface area contributed by atoms with Crippen LogP contribution in [0.25, 0.3) is 0 Å². The summed E-state index contributed by atoms with van der Waals surface area (Å²) in [5, 5.41) is 29.3. The highest BCUT2D eigenvalue weighted by atomic mass is 16.6. The molecule has 5 heteroatoms. The van der Waals surface area contributed by atoms with Crippen LogP contribution in [-0.4, -0.2) is 45.7 Å². The number of unbranched alkanes of at least 4 members (excludes halogenated alkanes) is 2. The van der Waals surface area contributed by atoms with Gasteiger partial charge in [0, 0.05) is 6.42 Å². The molecule has 0 spiro atoms. The fourth-order valence-electron chi connectivity index (χ4n) is 2.06. The number of hydrogen-bond donors (Lipinski definition) is 3. The Bertz CT molecular complexity index is 302. The number of rotatable bonds is 4. The monoisotopic (exact) mass is 272 g/mol. The number of cyclic esters (lactones) is 1. The van der Waals surface area contributed by atoms with Crippen LogP contribution in [0.1, 0.15) is 45.4 Å². The van der Waals surface area contributed by atoms with E-state index < -0.39 is 30.4 Å². The molecule has 5 nitrogen and oxygen atoms in total. The average Bonchev–Trinajstić information content (AvgIpc) is 2.39. The Morgan fingerprint density at radius 2 is 2.00 bits per heavy atom. The van der Waals surface area contributed by atoms with Crippen LogP contribution < -0.4 is 0 Å². The summed E-state index contributed by atoms with van der Waals surface area (Å²) in [6.45, 7) is 2.06. The van der Waals surface area contributed by atoms with Gasteiger partial charge in [0.1, 0.15) is 18.3 Å². The molecule has 1 aliphatic heterocycles. The SMILES string of the molecule is CCCCC[C@H]1OC(=O)CC[C@H](O)/C=C/[C@H](O)[C@@H]1O. The molecule has 0 aliphatic carbocycles. The van der Waals surface area contributed by atoms with Crippen molar-refractivity contribution in [2.45, 2.75) is 69.9 Å². The van der Waals surface area contributed by atoms with E-state index in [9.17, 15) is 20.1 Å². The Morgan fingerprint density at radius 1 is 1.26 bits per heavy atom. The van der Waals surface area contributed by atoms with Crippen LogP contribution in [0.15, 0.2) is 12.2 Å². The molecule has 0 bridgehead atoms. The summed E-state index contributed by atoms with van der Waals surface area (Å²) < 4.78 is 5.21. The maximum absolute atomic E-state index is 11.6. The van der Waals surface area contributed by atoms with Crippen molar-refractivity contribution in [3.8, 4) is 0 Å². The van der Waals surface area contributed by atoms with Crippen molar-refractivity contribution in [3.05, 3.63) is 12.2 Å². The minimum absolute atomic E-state index is 0.110. The Kier molecular flexibility index (Phi) is 7.05. The molecule has 1 aliphatic rings. The van der Waals surface area contributed by atoms with Gasteiger partial charge in [-0.1, -0.05) is 31.9 Å². The number of carbonyl (C=O) groups excluding carboxylic acids is 1. The first-order chi connectivity index (χ1) is 9.04. The lowest BCUT2D eigenvalue weighted by Gasteiger charge is -2.26. The van der Waals surface area contributed by atoms with E-state index in [1.807, 2.05) is 0 Å². The van der Waals surface area contributed by atoms with Gasteiger partial charge in [0.15, 0.2) is 0 Å². The minimum atomic E-state index is -1.15. The molecular formula is C14H24O5. The molecular weight excluding hydrogens is 248 g/mol. The zero-order chi connectivity index (χ0) is 14.3. The van der Waals surface area contributed by atoms with E-state index in [1.54, 1.807) is 0 Å². The summed E-state index contributed by atoms with van der Waals surface area (Å²) in [6, 6.07) is 0. The molecule has 1 rings (SSSR count). The fraction of sp³-hybridized carbons (Fsp3) is 0.786. The lowest BCUT2D eigenvalue weighted by atomic mass is 10.00. The van der Waals surface area contributed by atoms with Gasteiger partial charge in [-0.05, 0) is 19.3 Å². The standard InChI is InChI=1S/C14H24O5/c1-2-3-4-5-12-14(18)11(16)8-6-10(15)7-9-13(17)19-12/h6,8,10-12,14-16,18H,2-5,7,9H2,1H3/b8-6+/t10-,11+,12-,14+/m1/s1. The number of carbonyl (C=O) groups is 1. The molecule has 0 fully saturated rings. The maximum atomic E-state index is 11.6. The van der Waals surface area contributed by atoms with E-state index in [0.717, 1.165) is 19.3 Å². The molecule has 0 saturated carbocycles. The number of ether oxygens (including phenoxy) is 1. The Morgan fingerprint density at radius 3 is 2.68 bits per heavy atom. The van der Waals surface area contributed by atoms with Crippen molar-refractivity contribution in [2.24, 2.45) is 0 Å². The molecule has 0 aromatic carbocycles. The van der Waals surface area contributed by atoms with Crippen molar-refractivity contribution >= 4 is 5.97 Å². The first-order valence-electron chi connectivity index (χ1n) is 6.96. The van der Waals surface area contributed by atoms with Gasteiger partial charge in [0.05, 0.1) is 6.10 Å². The third-order valence-electron chi connectivity index (χ3n) is 3.28. The zero-order valence-corrected chi connectivity index (χ0v) is 11.4. The molecule has 19 heavy (non-hydrogen) atoms. The van der Waals surface area contributed by atoms with E-state index in [2.05, 4.69) is 6.92 Å². The summed E-state index contributed by atoms with van der Waals surface area (Å²) >= 11 is 0. The predicted molar refractivity (Wildman–Crippen MR) is 70.4 cm³/mol. The largest absolute Gasteiger partial charge is 0.459 e. The molecule has 0 amide bonds. The van der Waals surface area contributed by atoms with Crippen molar-refractivity contribution in [3.63, 3.8) is 0 Å².